The Morgan fingerprint density at radius 3 is 2.00 bits per heavy atom. The molecule has 2 unspecified atom stereocenters. The van der Waals surface area contributed by atoms with Gasteiger partial charge in [-0.05, 0) is 31.7 Å². The number of carbonyl (C=O) groups excluding carboxylic acids is 2. The summed E-state index contributed by atoms with van der Waals surface area (Å²) in [5.74, 6) is 0.751. The van der Waals surface area contributed by atoms with E-state index in [0.717, 1.165) is 12.7 Å². The van der Waals surface area contributed by atoms with Crippen LogP contribution in [0.25, 0.3) is 0 Å². The van der Waals surface area contributed by atoms with Gasteiger partial charge in [-0.15, -0.1) is 0 Å². The van der Waals surface area contributed by atoms with Crippen LogP contribution in [0.1, 0.15) is 40.5 Å². The number of nitrogens with one attached hydrogen (secondary N) is 2. The summed E-state index contributed by atoms with van der Waals surface area (Å²) in [4.78, 5) is 22.8. The zero-order valence-corrected chi connectivity index (χ0v) is 11.6. The maximum Gasteiger partial charge on any atom is 0.237 e. The van der Waals surface area contributed by atoms with E-state index in [-0.39, 0.29) is 18.0 Å². The highest BCUT2D eigenvalue weighted by molar-refractivity contribution is 5.84. The summed E-state index contributed by atoms with van der Waals surface area (Å²) in [5.41, 5.74) is 0. The predicted molar refractivity (Wildman–Crippen MR) is 69.8 cm³/mol. The molecule has 0 aromatic carbocycles. The number of rotatable bonds is 8. The molecule has 0 aromatic rings. The molecular formula is C13H26N2O2. The Morgan fingerprint density at radius 1 is 1.12 bits per heavy atom. The average Bonchev–Trinajstić information content (AvgIpc) is 2.23. The molecule has 0 saturated heterocycles. The molecule has 0 heterocycles. The molecule has 2 atom stereocenters. The van der Waals surface area contributed by atoms with Crippen LogP contribution in [0.3, 0.4) is 0 Å². The van der Waals surface area contributed by atoms with E-state index in [1.54, 1.807) is 7.05 Å². The number of likely N-dealkylation sites (N-methyl/N-ethyl adjacent to an activating group) is 1. The Kier molecular flexibility index (Phi) is 7.79. The van der Waals surface area contributed by atoms with E-state index in [4.69, 9.17) is 0 Å². The van der Waals surface area contributed by atoms with Crippen molar-refractivity contribution in [2.45, 2.75) is 52.6 Å². The summed E-state index contributed by atoms with van der Waals surface area (Å²) in [6.07, 6.45) is 2.28. The first-order chi connectivity index (χ1) is 7.90. The van der Waals surface area contributed by atoms with Gasteiger partial charge in [0.1, 0.15) is 6.29 Å². The van der Waals surface area contributed by atoms with Crippen molar-refractivity contribution in [1.29, 1.82) is 0 Å². The van der Waals surface area contributed by atoms with Gasteiger partial charge in [-0.1, -0.05) is 27.7 Å². The van der Waals surface area contributed by atoms with Crippen LogP contribution in [-0.2, 0) is 9.59 Å². The minimum Gasteiger partial charge on any atom is -0.345 e. The second-order valence-electron chi connectivity index (χ2n) is 5.35. The molecule has 2 N–H and O–H groups in total. The maximum atomic E-state index is 11.9. The van der Waals surface area contributed by atoms with Gasteiger partial charge in [0.05, 0.1) is 12.1 Å². The zero-order chi connectivity index (χ0) is 13.4. The third kappa shape index (κ3) is 7.10. The molecule has 0 bridgehead atoms. The molecule has 0 spiro atoms. The van der Waals surface area contributed by atoms with Gasteiger partial charge in [-0.2, -0.15) is 0 Å². The molecule has 4 heteroatoms. The van der Waals surface area contributed by atoms with Crippen LogP contribution in [-0.4, -0.2) is 31.3 Å². The lowest BCUT2D eigenvalue weighted by molar-refractivity contribution is -0.126. The van der Waals surface area contributed by atoms with Crippen molar-refractivity contribution in [3.63, 3.8) is 0 Å². The molecule has 0 aromatic heterocycles. The largest absolute Gasteiger partial charge is 0.345 e. The Labute approximate surface area is 105 Å². The topological polar surface area (TPSA) is 58.2 Å². The first-order valence-electron chi connectivity index (χ1n) is 6.33. The van der Waals surface area contributed by atoms with Crippen LogP contribution in [0.5, 0.6) is 0 Å². The van der Waals surface area contributed by atoms with Gasteiger partial charge in [0.2, 0.25) is 5.91 Å². The van der Waals surface area contributed by atoms with Crippen LogP contribution in [0, 0.1) is 11.8 Å². The number of hydrogen-bond donors (Lipinski definition) is 2. The highest BCUT2D eigenvalue weighted by Crippen LogP contribution is 2.07. The molecule has 0 fully saturated rings. The third-order valence-corrected chi connectivity index (χ3v) is 2.59. The van der Waals surface area contributed by atoms with E-state index in [0.29, 0.717) is 18.3 Å². The summed E-state index contributed by atoms with van der Waals surface area (Å²) in [5, 5.41) is 5.77. The minimum absolute atomic E-state index is 0.0843. The summed E-state index contributed by atoms with van der Waals surface area (Å²) in [6.45, 7) is 8.21. The minimum atomic E-state index is -0.370. The third-order valence-electron chi connectivity index (χ3n) is 2.59. The second kappa shape index (κ2) is 8.23. The van der Waals surface area contributed by atoms with Crippen LogP contribution in [0.4, 0.5) is 0 Å². The second-order valence-corrected chi connectivity index (χ2v) is 5.35. The fraction of sp³-hybridized carbons (Fsp3) is 0.846. The summed E-state index contributed by atoms with van der Waals surface area (Å²) < 4.78 is 0. The smallest absolute Gasteiger partial charge is 0.237 e. The monoisotopic (exact) mass is 242 g/mol. The Morgan fingerprint density at radius 2 is 1.65 bits per heavy atom. The van der Waals surface area contributed by atoms with Crippen molar-refractivity contribution in [3.05, 3.63) is 0 Å². The summed E-state index contributed by atoms with van der Waals surface area (Å²) in [7, 11) is 1.77. The van der Waals surface area contributed by atoms with Crippen molar-refractivity contribution in [2.24, 2.45) is 11.8 Å². The van der Waals surface area contributed by atoms with E-state index in [1.165, 1.54) is 0 Å². The first-order valence-corrected chi connectivity index (χ1v) is 6.33. The molecule has 0 aliphatic heterocycles. The van der Waals surface area contributed by atoms with Gasteiger partial charge in [0, 0.05) is 0 Å². The lowest BCUT2D eigenvalue weighted by atomic mass is 10.0. The van der Waals surface area contributed by atoms with Crippen LogP contribution in [0.2, 0.25) is 0 Å². The quantitative estimate of drug-likeness (QED) is 0.632. The van der Waals surface area contributed by atoms with Gasteiger partial charge in [-0.25, -0.2) is 0 Å². The highest BCUT2D eigenvalue weighted by atomic mass is 16.2. The van der Waals surface area contributed by atoms with Gasteiger partial charge in [0.15, 0.2) is 0 Å². The molecule has 0 aliphatic carbocycles. The lowest BCUT2D eigenvalue weighted by Crippen LogP contribution is -2.48. The summed E-state index contributed by atoms with van der Waals surface area (Å²) in [6, 6.07) is -0.588. The first kappa shape index (κ1) is 16.1. The van der Waals surface area contributed by atoms with Crippen molar-refractivity contribution in [2.75, 3.05) is 7.05 Å². The van der Waals surface area contributed by atoms with Crippen LogP contribution >= 0.6 is 0 Å². The SMILES string of the molecule is CNC(CC(C)C)C(=O)NC(C=O)CC(C)C. The molecule has 100 valence electrons. The highest BCUT2D eigenvalue weighted by Gasteiger charge is 2.21. The number of carbonyl (C=O) groups is 2. The van der Waals surface area contributed by atoms with Crippen molar-refractivity contribution in [1.82, 2.24) is 10.6 Å². The number of aldehydes is 1. The summed E-state index contributed by atoms with van der Waals surface area (Å²) >= 11 is 0. The van der Waals surface area contributed by atoms with E-state index >= 15 is 0 Å². The lowest BCUT2D eigenvalue weighted by Gasteiger charge is -2.21. The van der Waals surface area contributed by atoms with E-state index in [9.17, 15) is 9.59 Å². The number of amides is 1. The fourth-order valence-electron chi connectivity index (χ4n) is 1.77. The molecule has 0 saturated carbocycles. The van der Waals surface area contributed by atoms with E-state index < -0.39 is 0 Å². The van der Waals surface area contributed by atoms with Crippen LogP contribution in [0.15, 0.2) is 0 Å². The van der Waals surface area contributed by atoms with Gasteiger partial charge in [0.25, 0.3) is 0 Å². The van der Waals surface area contributed by atoms with E-state index in [1.807, 2.05) is 13.8 Å². The Balaban J connectivity index is 4.31. The van der Waals surface area contributed by atoms with Gasteiger partial charge >= 0.3 is 0 Å². The fourth-order valence-corrected chi connectivity index (χ4v) is 1.77. The van der Waals surface area contributed by atoms with E-state index in [2.05, 4.69) is 24.5 Å². The Bertz CT molecular complexity index is 240. The average molecular weight is 242 g/mol. The van der Waals surface area contributed by atoms with Crippen molar-refractivity contribution in [3.8, 4) is 0 Å². The molecule has 1 amide bonds. The van der Waals surface area contributed by atoms with Crippen molar-refractivity contribution < 1.29 is 9.59 Å². The van der Waals surface area contributed by atoms with Crippen LogP contribution < -0.4 is 10.6 Å². The zero-order valence-electron chi connectivity index (χ0n) is 11.6. The predicted octanol–water partition coefficient (Wildman–Crippen LogP) is 1.35. The van der Waals surface area contributed by atoms with Gasteiger partial charge in [-0.3, -0.25) is 4.79 Å². The maximum absolute atomic E-state index is 11.9. The number of hydrogen-bond acceptors (Lipinski definition) is 3. The molecule has 17 heavy (non-hydrogen) atoms. The molecule has 0 radical (unpaired) electrons. The molecule has 0 rings (SSSR count). The molecule has 0 aliphatic rings. The Hall–Kier alpha value is -0.900. The molecular weight excluding hydrogens is 216 g/mol. The molecule has 4 nitrogen and oxygen atoms in total. The standard InChI is InChI=1S/C13H26N2O2/c1-9(2)6-11(8-16)15-13(17)12(14-5)7-10(3)4/h8-12,14H,6-7H2,1-5H3,(H,15,17). The van der Waals surface area contributed by atoms with Gasteiger partial charge < -0.3 is 15.4 Å². The normalized spacial score (nSPS) is 14.8. The van der Waals surface area contributed by atoms with Crippen molar-refractivity contribution >= 4 is 12.2 Å².